The summed E-state index contributed by atoms with van der Waals surface area (Å²) in [6.07, 6.45) is 3.06. The van der Waals surface area contributed by atoms with Crippen molar-refractivity contribution in [3.05, 3.63) is 48.1 Å². The normalized spacial score (nSPS) is 35.0. The summed E-state index contributed by atoms with van der Waals surface area (Å²) in [6.45, 7) is 6.41. The first-order valence-electron chi connectivity index (χ1n) is 8.87. The SMILES string of the molecule is C=C(C)[C@@H]1N(Cc2ccc3c(c2)OCO3)C(=O)[C@@H]2[C@H](C(=O)O)[C@@H]3C=C[C@@]21O3. The zero-order valence-electron chi connectivity index (χ0n) is 14.8. The largest absolute Gasteiger partial charge is 0.481 e. The molecule has 0 radical (unpaired) electrons. The second-order valence-corrected chi connectivity index (χ2v) is 7.54. The van der Waals surface area contributed by atoms with Crippen LogP contribution in [0.5, 0.6) is 11.5 Å². The maximum absolute atomic E-state index is 13.3. The number of aliphatic carboxylic acids is 1. The van der Waals surface area contributed by atoms with E-state index in [1.807, 2.05) is 31.2 Å². The monoisotopic (exact) mass is 369 g/mol. The smallest absolute Gasteiger partial charge is 0.310 e. The molecule has 27 heavy (non-hydrogen) atoms. The van der Waals surface area contributed by atoms with Gasteiger partial charge in [0, 0.05) is 6.54 Å². The van der Waals surface area contributed by atoms with Crippen LogP contribution in [-0.2, 0) is 20.9 Å². The van der Waals surface area contributed by atoms with E-state index < -0.39 is 35.6 Å². The summed E-state index contributed by atoms with van der Waals surface area (Å²) >= 11 is 0. The molecular weight excluding hydrogens is 350 g/mol. The first-order valence-corrected chi connectivity index (χ1v) is 8.87. The number of carboxylic acids is 1. The van der Waals surface area contributed by atoms with Gasteiger partial charge in [-0.3, -0.25) is 9.59 Å². The molecule has 0 aliphatic carbocycles. The summed E-state index contributed by atoms with van der Waals surface area (Å²) in [5, 5.41) is 9.67. The fourth-order valence-corrected chi connectivity index (χ4v) is 4.96. The van der Waals surface area contributed by atoms with E-state index in [4.69, 9.17) is 14.2 Å². The maximum Gasteiger partial charge on any atom is 0.310 e. The number of rotatable bonds is 4. The van der Waals surface area contributed by atoms with Crippen molar-refractivity contribution in [2.75, 3.05) is 6.79 Å². The Labute approximate surface area is 155 Å². The number of carboxylic acid groups (broad SMARTS) is 1. The van der Waals surface area contributed by atoms with Gasteiger partial charge in [-0.2, -0.15) is 0 Å². The fraction of sp³-hybridized carbons (Fsp3) is 0.400. The Morgan fingerprint density at radius 2 is 2.15 bits per heavy atom. The number of fused-ring (bicyclic) bond motifs is 2. The van der Waals surface area contributed by atoms with Crippen molar-refractivity contribution in [3.63, 3.8) is 0 Å². The highest BCUT2D eigenvalue weighted by Crippen LogP contribution is 2.56. The van der Waals surface area contributed by atoms with Crippen LogP contribution in [0, 0.1) is 11.8 Å². The molecule has 0 saturated carbocycles. The van der Waals surface area contributed by atoms with E-state index in [1.54, 1.807) is 11.0 Å². The number of hydrogen-bond acceptors (Lipinski definition) is 5. The van der Waals surface area contributed by atoms with E-state index >= 15 is 0 Å². The number of hydrogen-bond donors (Lipinski definition) is 1. The molecule has 2 bridgehead atoms. The molecule has 4 aliphatic heterocycles. The van der Waals surface area contributed by atoms with E-state index in [9.17, 15) is 14.7 Å². The number of ether oxygens (including phenoxy) is 3. The van der Waals surface area contributed by atoms with Crippen molar-refractivity contribution in [3.8, 4) is 11.5 Å². The summed E-state index contributed by atoms with van der Waals surface area (Å²) in [4.78, 5) is 26.8. The van der Waals surface area contributed by atoms with Gasteiger partial charge in [0.25, 0.3) is 0 Å². The maximum atomic E-state index is 13.3. The Morgan fingerprint density at radius 1 is 1.37 bits per heavy atom. The van der Waals surface area contributed by atoms with Crippen molar-refractivity contribution >= 4 is 11.9 Å². The lowest BCUT2D eigenvalue weighted by molar-refractivity contribution is -0.148. The highest BCUT2D eigenvalue weighted by atomic mass is 16.7. The van der Waals surface area contributed by atoms with E-state index in [2.05, 4.69) is 6.58 Å². The van der Waals surface area contributed by atoms with Crippen LogP contribution in [0.2, 0.25) is 0 Å². The van der Waals surface area contributed by atoms with Crippen LogP contribution in [0.25, 0.3) is 0 Å². The number of likely N-dealkylation sites (tertiary alicyclic amines) is 1. The second-order valence-electron chi connectivity index (χ2n) is 7.54. The standard InChI is InChI=1S/C20H19NO6/c1-10(2)17-20-6-5-13(27-20)15(19(23)24)16(20)18(22)21(17)8-11-3-4-12-14(7-11)26-9-25-12/h3-7,13,15-17H,1,8-9H2,2H3,(H,23,24)/t13-,15+,16-,17-,20+/m0/s1. The van der Waals surface area contributed by atoms with Gasteiger partial charge in [-0.15, -0.1) is 0 Å². The van der Waals surface area contributed by atoms with E-state index in [-0.39, 0.29) is 12.7 Å². The van der Waals surface area contributed by atoms with Crippen molar-refractivity contribution in [1.82, 2.24) is 4.90 Å². The minimum absolute atomic E-state index is 0.182. The van der Waals surface area contributed by atoms with Gasteiger partial charge in [0.05, 0.1) is 18.1 Å². The number of benzene rings is 1. The summed E-state index contributed by atoms with van der Waals surface area (Å²) in [7, 11) is 0. The van der Waals surface area contributed by atoms with Crippen LogP contribution in [0.1, 0.15) is 12.5 Å². The lowest BCUT2D eigenvalue weighted by atomic mass is 9.74. The lowest BCUT2D eigenvalue weighted by Crippen LogP contribution is -2.45. The number of amides is 1. The Hall–Kier alpha value is -2.80. The molecule has 1 aromatic rings. The number of carbonyl (C=O) groups excluding carboxylic acids is 1. The Kier molecular flexibility index (Phi) is 3.25. The molecule has 7 heteroatoms. The van der Waals surface area contributed by atoms with Crippen molar-refractivity contribution < 1.29 is 28.9 Å². The third kappa shape index (κ3) is 2.06. The highest BCUT2D eigenvalue weighted by molar-refractivity contribution is 5.92. The molecular formula is C20H19NO6. The zero-order chi connectivity index (χ0) is 18.9. The summed E-state index contributed by atoms with van der Waals surface area (Å²) in [5.41, 5.74) is 0.691. The average molecular weight is 369 g/mol. The molecule has 1 N–H and O–H groups in total. The van der Waals surface area contributed by atoms with Crippen LogP contribution in [0.15, 0.2) is 42.5 Å². The molecule has 7 nitrogen and oxygen atoms in total. The summed E-state index contributed by atoms with van der Waals surface area (Å²) in [5.74, 6) is -1.50. The zero-order valence-corrected chi connectivity index (χ0v) is 14.8. The van der Waals surface area contributed by atoms with Gasteiger partial charge >= 0.3 is 5.97 Å². The predicted octanol–water partition coefficient (Wildman–Crippen LogP) is 1.73. The van der Waals surface area contributed by atoms with E-state index in [0.717, 1.165) is 11.1 Å². The predicted molar refractivity (Wildman–Crippen MR) is 93.1 cm³/mol. The molecule has 140 valence electrons. The topological polar surface area (TPSA) is 85.3 Å². The highest BCUT2D eigenvalue weighted by Gasteiger charge is 2.71. The lowest BCUT2D eigenvalue weighted by Gasteiger charge is -2.33. The molecule has 5 rings (SSSR count). The molecule has 1 spiro atoms. The van der Waals surface area contributed by atoms with Gasteiger partial charge in [0.15, 0.2) is 11.5 Å². The van der Waals surface area contributed by atoms with Gasteiger partial charge in [0.2, 0.25) is 12.7 Å². The van der Waals surface area contributed by atoms with Gasteiger partial charge < -0.3 is 24.2 Å². The number of nitrogens with zero attached hydrogens (tertiary/aromatic N) is 1. The molecule has 0 unspecified atom stereocenters. The Morgan fingerprint density at radius 3 is 2.89 bits per heavy atom. The molecule has 5 atom stereocenters. The quantitative estimate of drug-likeness (QED) is 0.814. The third-order valence-electron chi connectivity index (χ3n) is 5.92. The van der Waals surface area contributed by atoms with Gasteiger partial charge in [0.1, 0.15) is 11.5 Å². The van der Waals surface area contributed by atoms with Crippen LogP contribution in [0.3, 0.4) is 0 Å². The molecule has 1 aromatic carbocycles. The first kappa shape index (κ1) is 16.4. The average Bonchev–Trinajstić information content (AvgIpc) is 3.35. The third-order valence-corrected chi connectivity index (χ3v) is 5.92. The van der Waals surface area contributed by atoms with Crippen LogP contribution < -0.4 is 9.47 Å². The molecule has 1 amide bonds. The molecule has 2 fully saturated rings. The molecule has 4 heterocycles. The van der Waals surface area contributed by atoms with Crippen LogP contribution in [-0.4, -0.2) is 46.4 Å². The molecule has 2 saturated heterocycles. The van der Waals surface area contributed by atoms with E-state index in [0.29, 0.717) is 18.0 Å². The van der Waals surface area contributed by atoms with Crippen molar-refractivity contribution in [1.29, 1.82) is 0 Å². The van der Waals surface area contributed by atoms with Crippen molar-refractivity contribution in [2.24, 2.45) is 11.8 Å². The number of carbonyl (C=O) groups is 2. The van der Waals surface area contributed by atoms with Crippen molar-refractivity contribution in [2.45, 2.75) is 31.2 Å². The summed E-state index contributed by atoms with van der Waals surface area (Å²) in [6, 6.07) is 5.13. The molecule has 0 aromatic heterocycles. The summed E-state index contributed by atoms with van der Waals surface area (Å²) < 4.78 is 16.8. The minimum atomic E-state index is -1.00. The Bertz CT molecular complexity index is 908. The second kappa shape index (κ2) is 5.36. The van der Waals surface area contributed by atoms with Gasteiger partial charge in [-0.05, 0) is 24.6 Å². The Balaban J connectivity index is 1.53. The van der Waals surface area contributed by atoms with Crippen LogP contribution in [0.4, 0.5) is 0 Å². The van der Waals surface area contributed by atoms with Crippen LogP contribution >= 0.6 is 0 Å². The van der Waals surface area contributed by atoms with Gasteiger partial charge in [-0.25, -0.2) is 0 Å². The minimum Gasteiger partial charge on any atom is -0.481 e. The molecule has 4 aliphatic rings. The fourth-order valence-electron chi connectivity index (χ4n) is 4.96. The van der Waals surface area contributed by atoms with Gasteiger partial charge in [-0.1, -0.05) is 30.4 Å². The first-order chi connectivity index (χ1) is 12.9. The van der Waals surface area contributed by atoms with E-state index in [1.165, 1.54) is 0 Å².